The fraction of sp³-hybridized carbons (Fsp3) is 0.438. The summed E-state index contributed by atoms with van der Waals surface area (Å²) in [6.45, 7) is 5.27. The number of benzene rings is 1. The zero-order chi connectivity index (χ0) is 16.6. The van der Waals surface area contributed by atoms with E-state index < -0.39 is 6.09 Å². The van der Waals surface area contributed by atoms with E-state index in [0.717, 1.165) is 21.7 Å². The van der Waals surface area contributed by atoms with E-state index in [1.165, 1.54) is 16.7 Å². The molecule has 1 N–H and O–H groups in total. The average molecular weight is 332 g/mol. The Hall–Kier alpha value is -2.02. The molecule has 7 heteroatoms. The Morgan fingerprint density at radius 2 is 2.00 bits per heavy atom. The topological polar surface area (TPSA) is 69.6 Å². The molecular weight excluding hydrogens is 312 g/mol. The van der Waals surface area contributed by atoms with E-state index in [0.29, 0.717) is 13.1 Å². The molecule has 2 heterocycles. The SMILES string of the molecule is CSc1ncc2cc(N3C[C@@H](C)N(C(=O)O)[C@@H](C)C3)ccc2n1. The number of carbonyl (C=O) groups is 1. The summed E-state index contributed by atoms with van der Waals surface area (Å²) in [5, 5.41) is 11.1. The van der Waals surface area contributed by atoms with Gasteiger partial charge >= 0.3 is 6.09 Å². The Morgan fingerprint density at radius 1 is 1.30 bits per heavy atom. The summed E-state index contributed by atoms with van der Waals surface area (Å²) in [4.78, 5) is 23.9. The van der Waals surface area contributed by atoms with Crippen LogP contribution in [0.1, 0.15) is 13.8 Å². The number of amides is 1. The van der Waals surface area contributed by atoms with E-state index in [1.807, 2.05) is 32.4 Å². The Kier molecular flexibility index (Phi) is 4.30. The van der Waals surface area contributed by atoms with Crippen LogP contribution >= 0.6 is 11.8 Å². The third kappa shape index (κ3) is 3.06. The lowest BCUT2D eigenvalue weighted by atomic mass is 10.1. The molecule has 0 radical (unpaired) electrons. The molecule has 2 atom stereocenters. The molecule has 122 valence electrons. The van der Waals surface area contributed by atoms with Crippen molar-refractivity contribution in [3.63, 3.8) is 0 Å². The van der Waals surface area contributed by atoms with Crippen LogP contribution in [0, 0.1) is 0 Å². The lowest BCUT2D eigenvalue weighted by molar-refractivity contribution is 0.0983. The molecule has 2 aromatic rings. The molecule has 0 saturated carbocycles. The molecule has 1 fully saturated rings. The normalized spacial score (nSPS) is 21.7. The minimum atomic E-state index is -0.846. The molecule has 0 spiro atoms. The van der Waals surface area contributed by atoms with E-state index in [4.69, 9.17) is 0 Å². The quantitative estimate of drug-likeness (QED) is 0.673. The second-order valence-electron chi connectivity index (χ2n) is 5.89. The van der Waals surface area contributed by atoms with Gasteiger partial charge in [-0.1, -0.05) is 11.8 Å². The van der Waals surface area contributed by atoms with E-state index in [2.05, 4.69) is 27.0 Å². The number of anilines is 1. The first-order valence-corrected chi connectivity index (χ1v) is 8.79. The van der Waals surface area contributed by atoms with E-state index in [1.54, 1.807) is 0 Å². The number of carboxylic acid groups (broad SMARTS) is 1. The Balaban J connectivity index is 1.87. The van der Waals surface area contributed by atoms with E-state index in [-0.39, 0.29) is 12.1 Å². The maximum absolute atomic E-state index is 11.3. The van der Waals surface area contributed by atoms with Gasteiger partial charge in [0, 0.05) is 30.4 Å². The molecule has 6 nitrogen and oxygen atoms in total. The van der Waals surface area contributed by atoms with Crippen molar-refractivity contribution in [2.24, 2.45) is 0 Å². The molecule has 0 bridgehead atoms. The first-order valence-electron chi connectivity index (χ1n) is 7.56. The molecular formula is C16H20N4O2S. The number of piperazine rings is 1. The average Bonchev–Trinajstić information content (AvgIpc) is 2.52. The van der Waals surface area contributed by atoms with E-state index >= 15 is 0 Å². The van der Waals surface area contributed by atoms with Gasteiger partial charge in [0.15, 0.2) is 5.16 Å². The number of nitrogens with zero attached hydrogens (tertiary/aromatic N) is 4. The van der Waals surface area contributed by atoms with Crippen LogP contribution in [0.25, 0.3) is 10.9 Å². The molecule has 1 aromatic heterocycles. The zero-order valence-electron chi connectivity index (χ0n) is 13.4. The number of aromatic nitrogens is 2. The van der Waals surface area contributed by atoms with Crippen molar-refractivity contribution >= 4 is 34.4 Å². The smallest absolute Gasteiger partial charge is 0.407 e. The molecule has 1 aliphatic heterocycles. The fourth-order valence-electron chi connectivity index (χ4n) is 3.21. The van der Waals surface area contributed by atoms with Crippen molar-refractivity contribution < 1.29 is 9.90 Å². The highest BCUT2D eigenvalue weighted by Gasteiger charge is 2.32. The van der Waals surface area contributed by atoms with Gasteiger partial charge < -0.3 is 10.0 Å². The highest BCUT2D eigenvalue weighted by molar-refractivity contribution is 7.98. The van der Waals surface area contributed by atoms with Gasteiger partial charge in [-0.3, -0.25) is 4.90 Å². The summed E-state index contributed by atoms with van der Waals surface area (Å²) in [7, 11) is 0. The zero-order valence-corrected chi connectivity index (χ0v) is 14.2. The summed E-state index contributed by atoms with van der Waals surface area (Å²) in [5.74, 6) is 0. The first-order chi connectivity index (χ1) is 11.0. The highest BCUT2D eigenvalue weighted by Crippen LogP contribution is 2.26. The van der Waals surface area contributed by atoms with Gasteiger partial charge in [-0.05, 0) is 38.3 Å². The van der Waals surface area contributed by atoms with Crippen LogP contribution in [0.4, 0.5) is 10.5 Å². The molecule has 1 saturated heterocycles. The predicted octanol–water partition coefficient (Wildman–Crippen LogP) is 2.93. The molecule has 3 rings (SSSR count). The van der Waals surface area contributed by atoms with Crippen molar-refractivity contribution in [1.29, 1.82) is 0 Å². The maximum atomic E-state index is 11.3. The van der Waals surface area contributed by atoms with Crippen LogP contribution in [0.2, 0.25) is 0 Å². The summed E-state index contributed by atoms with van der Waals surface area (Å²) in [6.07, 6.45) is 2.96. The molecule has 1 aromatic carbocycles. The van der Waals surface area contributed by atoms with Crippen LogP contribution in [-0.2, 0) is 0 Å². The Bertz CT molecular complexity index is 727. The number of hydrogen-bond acceptors (Lipinski definition) is 5. The van der Waals surface area contributed by atoms with E-state index in [9.17, 15) is 9.90 Å². The Morgan fingerprint density at radius 3 is 2.61 bits per heavy atom. The lowest BCUT2D eigenvalue weighted by Gasteiger charge is -2.43. The third-order valence-electron chi connectivity index (χ3n) is 4.23. The van der Waals surface area contributed by atoms with Gasteiger partial charge in [0.25, 0.3) is 0 Å². The van der Waals surface area contributed by atoms with Gasteiger partial charge in [-0.25, -0.2) is 14.8 Å². The van der Waals surface area contributed by atoms with Crippen LogP contribution in [0.5, 0.6) is 0 Å². The van der Waals surface area contributed by atoms with Gasteiger partial charge in [-0.15, -0.1) is 0 Å². The second-order valence-corrected chi connectivity index (χ2v) is 6.67. The van der Waals surface area contributed by atoms with Crippen LogP contribution in [0.15, 0.2) is 29.6 Å². The van der Waals surface area contributed by atoms with Crippen LogP contribution in [0.3, 0.4) is 0 Å². The van der Waals surface area contributed by atoms with Crippen molar-refractivity contribution in [2.45, 2.75) is 31.1 Å². The fourth-order valence-corrected chi connectivity index (χ4v) is 3.56. The second kappa shape index (κ2) is 6.23. The summed E-state index contributed by atoms with van der Waals surface area (Å²) < 4.78 is 0. The predicted molar refractivity (Wildman–Crippen MR) is 92.3 cm³/mol. The van der Waals surface area contributed by atoms with Crippen molar-refractivity contribution in [3.05, 3.63) is 24.4 Å². The number of hydrogen-bond donors (Lipinski definition) is 1. The summed E-state index contributed by atoms with van der Waals surface area (Å²) >= 11 is 1.53. The largest absolute Gasteiger partial charge is 0.465 e. The molecule has 0 aliphatic carbocycles. The summed E-state index contributed by atoms with van der Waals surface area (Å²) in [6, 6.07) is 6.05. The van der Waals surface area contributed by atoms with Crippen molar-refractivity contribution in [3.8, 4) is 0 Å². The standard InChI is InChI=1S/C16H20N4O2S/c1-10-8-19(9-11(2)20(10)16(21)22)13-4-5-14-12(6-13)7-17-15(18-14)23-3/h4-7,10-11H,8-9H2,1-3H3,(H,21,22)/t10-,11+. The summed E-state index contributed by atoms with van der Waals surface area (Å²) in [5.41, 5.74) is 2.01. The molecule has 1 aliphatic rings. The van der Waals surface area contributed by atoms with Gasteiger partial charge in [0.1, 0.15) is 0 Å². The minimum Gasteiger partial charge on any atom is -0.465 e. The maximum Gasteiger partial charge on any atom is 0.407 e. The van der Waals surface area contributed by atoms with Crippen LogP contribution < -0.4 is 4.90 Å². The lowest BCUT2D eigenvalue weighted by Crippen LogP contribution is -2.58. The van der Waals surface area contributed by atoms with Crippen LogP contribution in [-0.4, -0.2) is 57.5 Å². The van der Waals surface area contributed by atoms with Crippen molar-refractivity contribution in [1.82, 2.24) is 14.9 Å². The first kappa shape index (κ1) is 15.9. The molecule has 1 amide bonds. The number of rotatable bonds is 2. The highest BCUT2D eigenvalue weighted by atomic mass is 32.2. The molecule has 0 unspecified atom stereocenters. The minimum absolute atomic E-state index is 0.0398. The van der Waals surface area contributed by atoms with Crippen molar-refractivity contribution in [2.75, 3.05) is 24.2 Å². The van der Waals surface area contributed by atoms with Gasteiger partial charge in [0.2, 0.25) is 0 Å². The number of fused-ring (bicyclic) bond motifs is 1. The van der Waals surface area contributed by atoms with Gasteiger partial charge in [0.05, 0.1) is 17.6 Å². The van der Waals surface area contributed by atoms with Gasteiger partial charge in [-0.2, -0.15) is 0 Å². The number of thioether (sulfide) groups is 1. The Labute approximate surface area is 139 Å². The third-order valence-corrected chi connectivity index (χ3v) is 4.79. The monoisotopic (exact) mass is 332 g/mol. The molecule has 23 heavy (non-hydrogen) atoms.